The summed E-state index contributed by atoms with van der Waals surface area (Å²) < 4.78 is 0. The summed E-state index contributed by atoms with van der Waals surface area (Å²) in [6.45, 7) is 20.7. The van der Waals surface area contributed by atoms with Gasteiger partial charge < -0.3 is 0 Å². The summed E-state index contributed by atoms with van der Waals surface area (Å²) in [7, 11) is 0. The van der Waals surface area contributed by atoms with Crippen molar-refractivity contribution in [2.24, 2.45) is 23.2 Å². The van der Waals surface area contributed by atoms with E-state index in [4.69, 9.17) is 0 Å². The molecule has 0 heterocycles. The Bertz CT molecular complexity index is 1300. The molecule has 0 spiro atoms. The van der Waals surface area contributed by atoms with Gasteiger partial charge in [0.05, 0.1) is 0 Å². The number of rotatable bonds is 8. The van der Waals surface area contributed by atoms with Crippen LogP contribution in [-0.4, -0.2) is 0 Å². The van der Waals surface area contributed by atoms with Crippen LogP contribution in [0.15, 0.2) is 72.4 Å². The van der Waals surface area contributed by atoms with Gasteiger partial charge in [-0.2, -0.15) is 0 Å². The topological polar surface area (TPSA) is 0 Å². The maximum Gasteiger partial charge on any atom is 0.00827 e. The van der Waals surface area contributed by atoms with Gasteiger partial charge in [-0.05, 0) is 102 Å². The predicted octanol–water partition coefficient (Wildman–Crippen LogP) is 11.2. The van der Waals surface area contributed by atoms with Crippen molar-refractivity contribution >= 4 is 6.08 Å². The lowest BCUT2D eigenvalue weighted by molar-refractivity contribution is 0.334. The number of hydrogen-bond donors (Lipinski definition) is 0. The van der Waals surface area contributed by atoms with Crippen LogP contribution in [0.25, 0.3) is 17.2 Å². The Morgan fingerprint density at radius 1 is 0.974 bits per heavy atom. The molecule has 5 rings (SSSR count). The molecule has 2 aromatic rings. The molecule has 0 amide bonds. The van der Waals surface area contributed by atoms with Crippen LogP contribution in [0.5, 0.6) is 0 Å². The van der Waals surface area contributed by atoms with Crippen molar-refractivity contribution in [1.82, 2.24) is 0 Å². The zero-order valence-electron chi connectivity index (χ0n) is 25.3. The van der Waals surface area contributed by atoms with E-state index in [9.17, 15) is 0 Å². The molecule has 1 saturated carbocycles. The molecule has 0 saturated heterocycles. The van der Waals surface area contributed by atoms with E-state index in [1.165, 1.54) is 95.0 Å². The van der Waals surface area contributed by atoms with Gasteiger partial charge in [-0.15, -0.1) is 0 Å². The first-order chi connectivity index (χ1) is 18.6. The first-order valence-electron chi connectivity index (χ1n) is 15.6. The molecule has 2 unspecified atom stereocenters. The minimum Gasteiger partial charge on any atom is -0.0986 e. The van der Waals surface area contributed by atoms with E-state index < -0.39 is 0 Å². The lowest BCUT2D eigenvalue weighted by atomic mass is 9.71. The third-order valence-corrected chi connectivity index (χ3v) is 9.61. The second-order valence-electron chi connectivity index (χ2n) is 14.1. The van der Waals surface area contributed by atoms with Gasteiger partial charge in [0.2, 0.25) is 0 Å². The zero-order valence-corrected chi connectivity index (χ0v) is 25.3. The second-order valence-corrected chi connectivity index (χ2v) is 14.1. The number of benzene rings is 2. The molecule has 1 fully saturated rings. The molecule has 0 bridgehead atoms. The number of fused-ring (bicyclic) bond motifs is 1. The van der Waals surface area contributed by atoms with E-state index >= 15 is 0 Å². The molecule has 0 radical (unpaired) electrons. The molecule has 0 aliphatic heterocycles. The van der Waals surface area contributed by atoms with Gasteiger partial charge in [-0.3, -0.25) is 0 Å². The molecule has 3 aliphatic carbocycles. The minimum absolute atomic E-state index is 0.291. The van der Waals surface area contributed by atoms with Crippen LogP contribution in [0, 0.1) is 37.0 Å². The smallest absolute Gasteiger partial charge is 0.00827 e. The quantitative estimate of drug-likeness (QED) is 0.305. The second kappa shape index (κ2) is 11.5. The fourth-order valence-corrected chi connectivity index (χ4v) is 7.61. The van der Waals surface area contributed by atoms with Gasteiger partial charge in [0, 0.05) is 5.92 Å². The Kier molecular flexibility index (Phi) is 8.23. The molecular formula is C39H50. The van der Waals surface area contributed by atoms with Gasteiger partial charge in [0.15, 0.2) is 0 Å². The lowest BCUT2D eigenvalue weighted by Crippen LogP contribution is -2.21. The van der Waals surface area contributed by atoms with Crippen LogP contribution in [0.4, 0.5) is 0 Å². The molecular weight excluding hydrogens is 468 g/mol. The van der Waals surface area contributed by atoms with Crippen molar-refractivity contribution in [3.63, 3.8) is 0 Å². The summed E-state index contributed by atoms with van der Waals surface area (Å²) in [6, 6.07) is 11.8. The number of allylic oxidation sites excluding steroid dienone is 5. The molecule has 2 atom stereocenters. The van der Waals surface area contributed by atoms with Gasteiger partial charge in [-0.25, -0.2) is 0 Å². The monoisotopic (exact) mass is 518 g/mol. The van der Waals surface area contributed by atoms with Crippen molar-refractivity contribution in [1.29, 1.82) is 0 Å². The fraction of sp³-hybridized carbons (Fsp3) is 0.487. The minimum atomic E-state index is 0.291. The molecule has 0 heteroatoms. The van der Waals surface area contributed by atoms with E-state index in [0.717, 1.165) is 25.2 Å². The third-order valence-electron chi connectivity index (χ3n) is 9.61. The first kappa shape index (κ1) is 27.9. The molecule has 0 N–H and O–H groups in total. The predicted molar refractivity (Wildman–Crippen MR) is 171 cm³/mol. The highest BCUT2D eigenvalue weighted by molar-refractivity contribution is 5.80. The van der Waals surface area contributed by atoms with Crippen molar-refractivity contribution < 1.29 is 0 Å². The average Bonchev–Trinajstić information content (AvgIpc) is 3.53. The van der Waals surface area contributed by atoms with Crippen LogP contribution in [0.3, 0.4) is 0 Å². The van der Waals surface area contributed by atoms with Crippen molar-refractivity contribution in [3.05, 3.63) is 100 Å². The summed E-state index contributed by atoms with van der Waals surface area (Å²) in [4.78, 5) is 0. The highest BCUT2D eigenvalue weighted by Gasteiger charge is 2.30. The Balaban J connectivity index is 1.36. The molecule has 0 aromatic heterocycles. The third kappa shape index (κ3) is 6.42. The molecule has 2 aromatic carbocycles. The van der Waals surface area contributed by atoms with Crippen molar-refractivity contribution in [2.75, 3.05) is 0 Å². The van der Waals surface area contributed by atoms with Gasteiger partial charge in [0.25, 0.3) is 0 Å². The highest BCUT2D eigenvalue weighted by atomic mass is 14.3. The molecule has 0 nitrogen and oxygen atoms in total. The van der Waals surface area contributed by atoms with Crippen molar-refractivity contribution in [2.45, 2.75) is 98.8 Å². The van der Waals surface area contributed by atoms with Crippen molar-refractivity contribution in [3.8, 4) is 11.1 Å². The highest BCUT2D eigenvalue weighted by Crippen LogP contribution is 2.44. The van der Waals surface area contributed by atoms with Crippen LogP contribution in [0.2, 0.25) is 0 Å². The van der Waals surface area contributed by atoms with Gasteiger partial charge >= 0.3 is 0 Å². The maximum absolute atomic E-state index is 4.62. The van der Waals surface area contributed by atoms with Crippen LogP contribution < -0.4 is 0 Å². The Labute approximate surface area is 239 Å². The fourth-order valence-electron chi connectivity index (χ4n) is 7.61. The summed E-state index contributed by atoms with van der Waals surface area (Å²) in [5, 5.41) is 0. The van der Waals surface area contributed by atoms with E-state index in [-0.39, 0.29) is 0 Å². The Morgan fingerprint density at radius 3 is 2.49 bits per heavy atom. The van der Waals surface area contributed by atoms with E-state index in [1.54, 1.807) is 5.56 Å². The SMILES string of the molecule is C=C1C=CC(CC(C)(C)C)C(=C)C1CC1=Cc2cccc(-c3cc(C)cc(C)c3CCCC3CCCC3)c2C1. The Hall–Kier alpha value is -2.60. The first-order valence-corrected chi connectivity index (χ1v) is 15.6. The molecule has 206 valence electrons. The molecule has 3 aliphatic rings. The van der Waals surface area contributed by atoms with Gasteiger partial charge in [0.1, 0.15) is 0 Å². The van der Waals surface area contributed by atoms with Crippen LogP contribution in [-0.2, 0) is 12.8 Å². The lowest BCUT2D eigenvalue weighted by Gasteiger charge is -2.33. The number of aryl methyl sites for hydroxylation is 2. The summed E-state index contributed by atoms with van der Waals surface area (Å²) in [5.74, 6) is 1.76. The van der Waals surface area contributed by atoms with E-state index in [1.807, 2.05) is 0 Å². The van der Waals surface area contributed by atoms with E-state index in [2.05, 4.69) is 96.3 Å². The van der Waals surface area contributed by atoms with Crippen LogP contribution in [0.1, 0.15) is 100.0 Å². The standard InChI is InChI=1S/C39H50/c1-26-20-28(3)34(16-10-14-30-12-8-9-13-30)38(21-26)35-17-11-15-32-22-31(24-37(32)35)23-36-27(2)18-19-33(29(36)4)25-39(5,6)7/h11,15,17-22,30,33,36H,2,4,8-10,12-14,16,23-25H2,1,3,5-7H3. The van der Waals surface area contributed by atoms with Crippen LogP contribution >= 0.6 is 0 Å². The summed E-state index contributed by atoms with van der Waals surface area (Å²) in [5.41, 5.74) is 14.7. The zero-order chi connectivity index (χ0) is 27.7. The summed E-state index contributed by atoms with van der Waals surface area (Å²) >= 11 is 0. The summed E-state index contributed by atoms with van der Waals surface area (Å²) in [6.07, 6.45) is 20.0. The maximum atomic E-state index is 4.62. The van der Waals surface area contributed by atoms with E-state index in [0.29, 0.717) is 17.3 Å². The molecule has 39 heavy (non-hydrogen) atoms. The normalized spacial score (nSPS) is 21.5. The largest absolute Gasteiger partial charge is 0.0986 e. The average molecular weight is 519 g/mol. The number of hydrogen-bond acceptors (Lipinski definition) is 0. The Morgan fingerprint density at radius 2 is 1.74 bits per heavy atom. The van der Waals surface area contributed by atoms with Gasteiger partial charge in [-0.1, -0.05) is 131 Å².